The highest BCUT2D eigenvalue weighted by atomic mass is 19.1. The Kier molecular flexibility index (Phi) is 5.95. The summed E-state index contributed by atoms with van der Waals surface area (Å²) in [5.41, 5.74) is 0.765. The van der Waals surface area contributed by atoms with Crippen molar-refractivity contribution in [2.45, 2.75) is 32.5 Å². The van der Waals surface area contributed by atoms with Crippen LogP contribution in [0, 0.1) is 5.82 Å². The summed E-state index contributed by atoms with van der Waals surface area (Å²) in [5.74, 6) is -0.0295. The summed E-state index contributed by atoms with van der Waals surface area (Å²) < 4.78 is 18.0. The number of carbonyl (C=O) groups is 2. The quantitative estimate of drug-likeness (QED) is 0.759. The normalized spacial score (nSPS) is 13.0. The highest BCUT2D eigenvalue weighted by molar-refractivity contribution is 5.86. The smallest absolute Gasteiger partial charge is 0.315 e. The third-order valence-electron chi connectivity index (χ3n) is 3.48. The second-order valence-electron chi connectivity index (χ2n) is 5.41. The summed E-state index contributed by atoms with van der Waals surface area (Å²) >= 11 is 0. The molecule has 0 bridgehead atoms. The van der Waals surface area contributed by atoms with E-state index in [1.807, 2.05) is 0 Å². The van der Waals surface area contributed by atoms with E-state index in [1.54, 1.807) is 38.1 Å². The Morgan fingerprint density at radius 1 is 1.12 bits per heavy atom. The van der Waals surface area contributed by atoms with Crippen LogP contribution < -0.4 is 16.0 Å². The average Bonchev–Trinajstić information content (AvgIpc) is 3.06. The van der Waals surface area contributed by atoms with Crippen molar-refractivity contribution in [1.82, 2.24) is 16.0 Å². The molecule has 6 nitrogen and oxygen atoms in total. The van der Waals surface area contributed by atoms with Crippen molar-refractivity contribution < 1.29 is 18.4 Å². The molecule has 1 aromatic carbocycles. The first-order chi connectivity index (χ1) is 11.5. The van der Waals surface area contributed by atoms with Gasteiger partial charge in [0.15, 0.2) is 0 Å². The molecule has 1 heterocycles. The van der Waals surface area contributed by atoms with Gasteiger partial charge < -0.3 is 20.4 Å². The lowest BCUT2D eigenvalue weighted by Crippen LogP contribution is -2.48. The first-order valence-corrected chi connectivity index (χ1v) is 7.58. The van der Waals surface area contributed by atoms with Gasteiger partial charge >= 0.3 is 6.03 Å². The Labute approximate surface area is 139 Å². The van der Waals surface area contributed by atoms with Gasteiger partial charge in [-0.1, -0.05) is 12.1 Å². The Bertz CT molecular complexity index is 671. The predicted octanol–water partition coefficient (Wildman–Crippen LogP) is 2.48. The average molecular weight is 333 g/mol. The van der Waals surface area contributed by atoms with Crippen LogP contribution in [0.3, 0.4) is 0 Å². The Morgan fingerprint density at radius 2 is 1.83 bits per heavy atom. The van der Waals surface area contributed by atoms with Crippen molar-refractivity contribution >= 4 is 11.9 Å². The zero-order valence-electron chi connectivity index (χ0n) is 13.5. The molecule has 128 valence electrons. The second kappa shape index (κ2) is 8.14. The van der Waals surface area contributed by atoms with Gasteiger partial charge in [0.1, 0.15) is 17.6 Å². The van der Waals surface area contributed by atoms with Gasteiger partial charge in [-0.3, -0.25) is 4.79 Å². The minimum atomic E-state index is -0.708. The Morgan fingerprint density at radius 3 is 2.46 bits per heavy atom. The number of halogens is 1. The minimum Gasteiger partial charge on any atom is -0.467 e. The fourth-order valence-electron chi connectivity index (χ4n) is 2.08. The zero-order valence-corrected chi connectivity index (χ0v) is 13.5. The van der Waals surface area contributed by atoms with E-state index >= 15 is 0 Å². The molecule has 2 rings (SSSR count). The first kappa shape index (κ1) is 17.5. The molecule has 7 heteroatoms. The van der Waals surface area contributed by atoms with E-state index in [-0.39, 0.29) is 24.3 Å². The highest BCUT2D eigenvalue weighted by Crippen LogP contribution is 2.12. The van der Waals surface area contributed by atoms with Gasteiger partial charge in [-0.05, 0) is 43.7 Å². The number of benzene rings is 1. The topological polar surface area (TPSA) is 83.4 Å². The van der Waals surface area contributed by atoms with Crippen molar-refractivity contribution in [3.63, 3.8) is 0 Å². The largest absolute Gasteiger partial charge is 0.467 e. The third-order valence-corrected chi connectivity index (χ3v) is 3.48. The minimum absolute atomic E-state index is 0.255. The number of furan rings is 1. The maximum Gasteiger partial charge on any atom is 0.315 e. The van der Waals surface area contributed by atoms with Crippen LogP contribution in [0.4, 0.5) is 9.18 Å². The zero-order chi connectivity index (χ0) is 17.5. The molecule has 3 N–H and O–H groups in total. The summed E-state index contributed by atoms with van der Waals surface area (Å²) in [6, 6.07) is 7.83. The molecule has 3 amide bonds. The SMILES string of the molecule is C[C@H](NC(=O)N[C@H](C)C(=O)NCc1ccco1)c1ccc(F)cc1. The van der Waals surface area contributed by atoms with E-state index in [1.165, 1.54) is 18.4 Å². The number of urea groups is 1. The fraction of sp³-hybridized carbons (Fsp3) is 0.294. The van der Waals surface area contributed by atoms with Crippen LogP contribution in [0.15, 0.2) is 47.1 Å². The molecular formula is C17H20FN3O3. The van der Waals surface area contributed by atoms with Gasteiger partial charge in [0.2, 0.25) is 5.91 Å². The standard InChI is InChI=1S/C17H20FN3O3/c1-11(13-5-7-14(18)8-6-13)20-17(23)21-12(2)16(22)19-10-15-4-3-9-24-15/h3-9,11-12H,10H2,1-2H3,(H,19,22)(H2,20,21,23)/t11-,12+/m0/s1. The molecule has 0 aliphatic heterocycles. The highest BCUT2D eigenvalue weighted by Gasteiger charge is 2.17. The molecule has 0 unspecified atom stereocenters. The number of rotatable bonds is 6. The fourth-order valence-corrected chi connectivity index (χ4v) is 2.08. The van der Waals surface area contributed by atoms with Crippen LogP contribution in [-0.4, -0.2) is 18.0 Å². The molecule has 0 fully saturated rings. The van der Waals surface area contributed by atoms with Gasteiger partial charge in [0.25, 0.3) is 0 Å². The van der Waals surface area contributed by atoms with Gasteiger partial charge in [-0.2, -0.15) is 0 Å². The van der Waals surface area contributed by atoms with Crippen LogP contribution in [0.25, 0.3) is 0 Å². The predicted molar refractivity (Wildman–Crippen MR) is 86.5 cm³/mol. The summed E-state index contributed by atoms with van der Waals surface area (Å²) in [5, 5.41) is 7.92. The number of amides is 3. The molecule has 0 saturated heterocycles. The van der Waals surface area contributed by atoms with Crippen molar-refractivity contribution in [2.75, 3.05) is 0 Å². The van der Waals surface area contributed by atoms with E-state index in [4.69, 9.17) is 4.42 Å². The van der Waals surface area contributed by atoms with Crippen LogP contribution in [0.1, 0.15) is 31.2 Å². The molecule has 0 radical (unpaired) electrons. The van der Waals surface area contributed by atoms with Crippen LogP contribution in [0.2, 0.25) is 0 Å². The molecule has 0 aliphatic carbocycles. The molecule has 2 aromatic rings. The summed E-state index contributed by atoms with van der Waals surface area (Å²) in [7, 11) is 0. The van der Waals surface area contributed by atoms with Crippen LogP contribution >= 0.6 is 0 Å². The van der Waals surface area contributed by atoms with Gasteiger partial charge in [-0.25, -0.2) is 9.18 Å². The van der Waals surface area contributed by atoms with E-state index < -0.39 is 12.1 Å². The molecule has 24 heavy (non-hydrogen) atoms. The number of nitrogens with one attached hydrogen (secondary N) is 3. The molecular weight excluding hydrogens is 313 g/mol. The van der Waals surface area contributed by atoms with Crippen molar-refractivity contribution in [3.8, 4) is 0 Å². The monoisotopic (exact) mass is 333 g/mol. The van der Waals surface area contributed by atoms with Gasteiger partial charge in [0.05, 0.1) is 18.8 Å². The Balaban J connectivity index is 1.77. The van der Waals surface area contributed by atoms with Crippen molar-refractivity contribution in [1.29, 1.82) is 0 Å². The van der Waals surface area contributed by atoms with E-state index in [0.29, 0.717) is 5.76 Å². The summed E-state index contributed by atoms with van der Waals surface area (Å²) in [6.07, 6.45) is 1.52. The molecule has 0 saturated carbocycles. The van der Waals surface area contributed by atoms with E-state index in [2.05, 4.69) is 16.0 Å². The van der Waals surface area contributed by atoms with Crippen molar-refractivity contribution in [3.05, 3.63) is 59.8 Å². The maximum absolute atomic E-state index is 12.9. The lowest BCUT2D eigenvalue weighted by Gasteiger charge is -2.18. The lowest BCUT2D eigenvalue weighted by atomic mass is 10.1. The lowest BCUT2D eigenvalue weighted by molar-refractivity contribution is -0.122. The van der Waals surface area contributed by atoms with Crippen molar-refractivity contribution in [2.24, 2.45) is 0 Å². The summed E-state index contributed by atoms with van der Waals surface area (Å²) in [6.45, 7) is 3.61. The second-order valence-corrected chi connectivity index (χ2v) is 5.41. The van der Waals surface area contributed by atoms with Crippen LogP contribution in [0.5, 0.6) is 0 Å². The van der Waals surface area contributed by atoms with E-state index in [0.717, 1.165) is 5.56 Å². The molecule has 0 aliphatic rings. The molecule has 1 aromatic heterocycles. The maximum atomic E-state index is 12.9. The van der Waals surface area contributed by atoms with E-state index in [9.17, 15) is 14.0 Å². The van der Waals surface area contributed by atoms with Gasteiger partial charge in [0, 0.05) is 0 Å². The third kappa shape index (κ3) is 5.12. The number of carbonyl (C=O) groups excluding carboxylic acids is 2. The van der Waals surface area contributed by atoms with Gasteiger partial charge in [-0.15, -0.1) is 0 Å². The number of hydrogen-bond acceptors (Lipinski definition) is 3. The first-order valence-electron chi connectivity index (χ1n) is 7.58. The Hall–Kier alpha value is -2.83. The molecule has 0 spiro atoms. The molecule has 2 atom stereocenters. The van der Waals surface area contributed by atoms with Crippen LogP contribution in [-0.2, 0) is 11.3 Å². The summed E-state index contributed by atoms with van der Waals surface area (Å²) in [4.78, 5) is 23.9. The number of hydrogen-bond donors (Lipinski definition) is 3.